The lowest BCUT2D eigenvalue weighted by molar-refractivity contribution is 0.162. The van der Waals surface area contributed by atoms with E-state index in [9.17, 15) is 8.42 Å². The van der Waals surface area contributed by atoms with Gasteiger partial charge in [0.1, 0.15) is 5.76 Å². The molecule has 1 N–H and O–H groups in total. The summed E-state index contributed by atoms with van der Waals surface area (Å²) in [5.41, 5.74) is 0. The van der Waals surface area contributed by atoms with Crippen LogP contribution >= 0.6 is 0 Å². The Morgan fingerprint density at radius 3 is 2.68 bits per heavy atom. The van der Waals surface area contributed by atoms with Gasteiger partial charge < -0.3 is 14.5 Å². The number of ether oxygens (including phenoxy) is 1. The Hall–Kier alpha value is -0.930. The van der Waals surface area contributed by atoms with Gasteiger partial charge in [-0.15, -0.1) is 0 Å². The third-order valence-corrected chi connectivity index (χ3v) is 7.14. The minimum Gasteiger partial charge on any atom is -0.468 e. The van der Waals surface area contributed by atoms with Gasteiger partial charge in [-0.2, -0.15) is 0 Å². The maximum absolute atomic E-state index is 12.1. The average molecular weight is 372 g/mol. The van der Waals surface area contributed by atoms with Gasteiger partial charge in [-0.05, 0) is 25.0 Å². The first-order valence-corrected chi connectivity index (χ1v) is 10.5. The monoisotopic (exact) mass is 371 g/mol. The third kappa shape index (κ3) is 5.04. The largest absolute Gasteiger partial charge is 0.468 e. The summed E-state index contributed by atoms with van der Waals surface area (Å²) in [6, 6.07) is 4.47. The quantitative estimate of drug-likeness (QED) is 0.762. The fourth-order valence-electron chi connectivity index (χ4n) is 3.55. The molecule has 3 heterocycles. The molecule has 142 valence electrons. The van der Waals surface area contributed by atoms with Crippen molar-refractivity contribution in [3.05, 3.63) is 24.2 Å². The van der Waals surface area contributed by atoms with E-state index in [1.165, 1.54) is 4.31 Å². The fourth-order valence-corrected chi connectivity index (χ4v) is 4.72. The molecule has 8 heteroatoms. The van der Waals surface area contributed by atoms with E-state index >= 15 is 0 Å². The van der Waals surface area contributed by atoms with Crippen molar-refractivity contribution in [2.24, 2.45) is 5.92 Å². The number of rotatable bonds is 7. The highest BCUT2D eigenvalue weighted by Gasteiger charge is 2.34. The molecule has 2 atom stereocenters. The van der Waals surface area contributed by atoms with Crippen molar-refractivity contribution in [3.8, 4) is 0 Å². The molecule has 2 saturated heterocycles. The van der Waals surface area contributed by atoms with Crippen LogP contribution in [0.15, 0.2) is 22.8 Å². The lowest BCUT2D eigenvalue weighted by Gasteiger charge is -2.34. The number of hydrogen-bond acceptors (Lipinski definition) is 6. The van der Waals surface area contributed by atoms with Crippen LogP contribution in [0.25, 0.3) is 0 Å². The molecule has 3 rings (SSSR count). The maximum Gasteiger partial charge on any atom is 0.214 e. The molecule has 0 bridgehead atoms. The summed E-state index contributed by atoms with van der Waals surface area (Å²) < 4.78 is 36.6. The van der Waals surface area contributed by atoms with E-state index in [1.807, 2.05) is 12.1 Å². The minimum atomic E-state index is -3.20. The van der Waals surface area contributed by atoms with Crippen molar-refractivity contribution >= 4 is 10.0 Å². The highest BCUT2D eigenvalue weighted by molar-refractivity contribution is 7.89. The second kappa shape index (κ2) is 8.18. The SMILES string of the molecule is CN(C)S(=O)(=O)C[C@@H]1COC[C@@H]1NC1CCN(Cc2ccco2)CC1. The zero-order chi connectivity index (χ0) is 17.9. The van der Waals surface area contributed by atoms with Crippen LogP contribution in [-0.2, 0) is 21.3 Å². The van der Waals surface area contributed by atoms with Crippen LogP contribution in [0.5, 0.6) is 0 Å². The number of hydrogen-bond donors (Lipinski definition) is 1. The van der Waals surface area contributed by atoms with Gasteiger partial charge in [-0.25, -0.2) is 12.7 Å². The van der Waals surface area contributed by atoms with Gasteiger partial charge in [0.05, 0.1) is 31.8 Å². The number of nitrogens with zero attached hydrogens (tertiary/aromatic N) is 2. The van der Waals surface area contributed by atoms with E-state index in [0.717, 1.165) is 38.2 Å². The predicted octanol–water partition coefficient (Wildman–Crippen LogP) is 0.740. The first kappa shape index (κ1) is 18.8. The standard InChI is InChI=1S/C17H29N3O4S/c1-19(2)25(21,22)13-14-11-23-12-17(14)18-15-5-7-20(8-6-15)10-16-4-3-9-24-16/h3-4,9,14-15,17-18H,5-8,10-13H2,1-2H3/t14-,17-/m0/s1. The van der Waals surface area contributed by atoms with E-state index < -0.39 is 10.0 Å². The van der Waals surface area contributed by atoms with E-state index in [0.29, 0.717) is 19.3 Å². The van der Waals surface area contributed by atoms with Crippen LogP contribution < -0.4 is 5.32 Å². The Labute approximate surface area is 150 Å². The molecular weight excluding hydrogens is 342 g/mol. The molecular formula is C17H29N3O4S. The van der Waals surface area contributed by atoms with Crippen molar-refractivity contribution < 1.29 is 17.6 Å². The van der Waals surface area contributed by atoms with Crippen LogP contribution in [0, 0.1) is 5.92 Å². The molecule has 1 aromatic heterocycles. The molecule has 0 amide bonds. The van der Waals surface area contributed by atoms with Crippen LogP contribution in [0.1, 0.15) is 18.6 Å². The molecule has 0 aliphatic carbocycles. The Kier molecular flexibility index (Phi) is 6.17. The summed E-state index contributed by atoms with van der Waals surface area (Å²) >= 11 is 0. The van der Waals surface area contributed by atoms with Gasteiger partial charge in [-0.3, -0.25) is 4.90 Å². The number of sulfonamides is 1. The van der Waals surface area contributed by atoms with Crippen LogP contribution in [0.2, 0.25) is 0 Å². The molecule has 2 aliphatic rings. The second-order valence-corrected chi connectivity index (χ2v) is 9.49. The molecule has 7 nitrogen and oxygen atoms in total. The zero-order valence-electron chi connectivity index (χ0n) is 15.1. The number of nitrogens with one attached hydrogen (secondary N) is 1. The minimum absolute atomic E-state index is 0.0218. The van der Waals surface area contributed by atoms with E-state index in [1.54, 1.807) is 20.4 Å². The lowest BCUT2D eigenvalue weighted by atomic mass is 10.00. The molecule has 0 aromatic carbocycles. The first-order valence-electron chi connectivity index (χ1n) is 8.93. The first-order chi connectivity index (χ1) is 11.9. The fraction of sp³-hybridized carbons (Fsp3) is 0.765. The maximum atomic E-state index is 12.1. The number of furan rings is 1. The van der Waals surface area contributed by atoms with Gasteiger partial charge in [-0.1, -0.05) is 0 Å². The molecule has 0 radical (unpaired) electrons. The summed E-state index contributed by atoms with van der Waals surface area (Å²) in [5, 5.41) is 3.65. The Bertz CT molecular complexity index is 624. The highest BCUT2D eigenvalue weighted by atomic mass is 32.2. The lowest BCUT2D eigenvalue weighted by Crippen LogP contribution is -2.49. The van der Waals surface area contributed by atoms with Crippen molar-refractivity contribution in [1.29, 1.82) is 0 Å². The van der Waals surface area contributed by atoms with Crippen LogP contribution in [0.3, 0.4) is 0 Å². The molecule has 0 spiro atoms. The van der Waals surface area contributed by atoms with Gasteiger partial charge in [0.15, 0.2) is 0 Å². The molecule has 2 aliphatic heterocycles. The smallest absolute Gasteiger partial charge is 0.214 e. The van der Waals surface area contributed by atoms with Crippen LogP contribution in [-0.4, -0.2) is 75.9 Å². The molecule has 0 unspecified atom stereocenters. The topological polar surface area (TPSA) is 75.0 Å². The van der Waals surface area contributed by atoms with Gasteiger partial charge in [0, 0.05) is 45.2 Å². The molecule has 0 saturated carbocycles. The van der Waals surface area contributed by atoms with Gasteiger partial charge in [0.25, 0.3) is 0 Å². The van der Waals surface area contributed by atoms with E-state index in [4.69, 9.17) is 9.15 Å². The summed E-state index contributed by atoms with van der Waals surface area (Å²) in [4.78, 5) is 2.40. The highest BCUT2D eigenvalue weighted by Crippen LogP contribution is 2.21. The Morgan fingerprint density at radius 1 is 1.28 bits per heavy atom. The van der Waals surface area contributed by atoms with Crippen molar-refractivity contribution in [3.63, 3.8) is 0 Å². The molecule has 25 heavy (non-hydrogen) atoms. The van der Waals surface area contributed by atoms with Gasteiger partial charge >= 0.3 is 0 Å². The van der Waals surface area contributed by atoms with E-state index in [-0.39, 0.29) is 17.7 Å². The Balaban J connectivity index is 1.46. The Morgan fingerprint density at radius 2 is 2.04 bits per heavy atom. The van der Waals surface area contributed by atoms with Crippen molar-refractivity contribution in [2.45, 2.75) is 31.5 Å². The summed E-state index contributed by atoms with van der Waals surface area (Å²) in [6.07, 6.45) is 3.83. The summed E-state index contributed by atoms with van der Waals surface area (Å²) in [6.45, 7) is 4.01. The van der Waals surface area contributed by atoms with Crippen molar-refractivity contribution in [1.82, 2.24) is 14.5 Å². The van der Waals surface area contributed by atoms with E-state index in [2.05, 4.69) is 10.2 Å². The van der Waals surface area contributed by atoms with Gasteiger partial charge in [0.2, 0.25) is 10.0 Å². The zero-order valence-corrected chi connectivity index (χ0v) is 15.9. The number of piperidine rings is 1. The van der Waals surface area contributed by atoms with Crippen LogP contribution in [0.4, 0.5) is 0 Å². The average Bonchev–Trinajstić information content (AvgIpc) is 3.21. The van der Waals surface area contributed by atoms with Crippen molar-refractivity contribution in [2.75, 3.05) is 46.2 Å². The summed E-state index contributed by atoms with van der Waals surface area (Å²) in [7, 11) is -0.0272. The molecule has 1 aromatic rings. The molecule has 2 fully saturated rings. The summed E-state index contributed by atoms with van der Waals surface area (Å²) in [5.74, 6) is 1.17. The second-order valence-electron chi connectivity index (χ2n) is 7.26. The number of likely N-dealkylation sites (tertiary alicyclic amines) is 1. The normalized spacial score (nSPS) is 26.5. The predicted molar refractivity (Wildman–Crippen MR) is 95.7 cm³/mol. The third-order valence-electron chi connectivity index (χ3n) is 5.18.